The molecule has 3 rings (SSSR count). The Morgan fingerprint density at radius 1 is 0.800 bits per heavy atom. The van der Waals surface area contributed by atoms with Crippen LogP contribution in [0.2, 0.25) is 0 Å². The number of carbonyl (C=O) groups is 3. The molecule has 4 N–H and O–H groups in total. The van der Waals surface area contributed by atoms with Crippen molar-refractivity contribution in [3.8, 4) is 0 Å². The first-order valence-electron chi connectivity index (χ1n) is 9.36. The summed E-state index contributed by atoms with van der Waals surface area (Å²) in [5.74, 6) is -0.407. The number of aryl methyl sites for hydroxylation is 1. The minimum Gasteiger partial charge on any atom is -0.350 e. The number of thiophene rings is 1. The van der Waals surface area contributed by atoms with Crippen LogP contribution in [-0.4, -0.2) is 30.9 Å². The van der Waals surface area contributed by atoms with Crippen LogP contribution in [0.5, 0.6) is 0 Å². The number of para-hydroxylation sites is 1. The maximum absolute atomic E-state index is 12.2. The maximum atomic E-state index is 12.2. The molecule has 2 aromatic carbocycles. The lowest BCUT2D eigenvalue weighted by Gasteiger charge is -2.10. The Balaban J connectivity index is 1.43. The summed E-state index contributed by atoms with van der Waals surface area (Å²) in [5, 5.41) is 12.9. The number of amides is 4. The second-order valence-electron chi connectivity index (χ2n) is 6.46. The molecule has 8 heteroatoms. The van der Waals surface area contributed by atoms with Crippen molar-refractivity contribution in [1.29, 1.82) is 0 Å². The Hall–Kier alpha value is -3.65. The van der Waals surface area contributed by atoms with Gasteiger partial charge in [-0.2, -0.15) is 0 Å². The molecule has 4 amide bonds. The molecule has 30 heavy (non-hydrogen) atoms. The van der Waals surface area contributed by atoms with E-state index in [9.17, 15) is 14.4 Å². The predicted molar refractivity (Wildman–Crippen MR) is 119 cm³/mol. The van der Waals surface area contributed by atoms with Crippen molar-refractivity contribution in [2.75, 3.05) is 23.7 Å². The highest BCUT2D eigenvalue weighted by Crippen LogP contribution is 2.15. The first kappa shape index (κ1) is 21.1. The van der Waals surface area contributed by atoms with Crippen molar-refractivity contribution in [1.82, 2.24) is 10.6 Å². The molecular weight excluding hydrogens is 400 g/mol. The number of urea groups is 1. The number of rotatable bonds is 7. The fourth-order valence-corrected chi connectivity index (χ4v) is 3.29. The van der Waals surface area contributed by atoms with E-state index in [0.717, 1.165) is 11.3 Å². The number of hydrogen-bond acceptors (Lipinski definition) is 4. The molecule has 1 aromatic heterocycles. The standard InChI is InChI=1S/C22H22N4O3S/c1-15-5-2-3-6-18(15)26-22(29)25-17-10-8-16(9-11-17)20(27)23-12-13-24-21(28)19-7-4-14-30-19/h2-11,14H,12-13H2,1H3,(H,23,27)(H,24,28)(H2,25,26,29). The van der Waals surface area contributed by atoms with Crippen LogP contribution in [0.15, 0.2) is 66.0 Å². The van der Waals surface area contributed by atoms with E-state index in [4.69, 9.17) is 0 Å². The van der Waals surface area contributed by atoms with Gasteiger partial charge in [0.1, 0.15) is 0 Å². The van der Waals surface area contributed by atoms with Gasteiger partial charge in [0, 0.05) is 30.0 Å². The van der Waals surface area contributed by atoms with Crippen LogP contribution in [0.3, 0.4) is 0 Å². The van der Waals surface area contributed by atoms with Crippen LogP contribution < -0.4 is 21.3 Å². The van der Waals surface area contributed by atoms with E-state index in [1.165, 1.54) is 11.3 Å². The lowest BCUT2D eigenvalue weighted by molar-refractivity contribution is 0.0929. The van der Waals surface area contributed by atoms with Crippen molar-refractivity contribution in [2.24, 2.45) is 0 Å². The van der Waals surface area contributed by atoms with E-state index in [-0.39, 0.29) is 17.8 Å². The van der Waals surface area contributed by atoms with Crippen molar-refractivity contribution in [2.45, 2.75) is 6.92 Å². The van der Waals surface area contributed by atoms with Gasteiger partial charge in [0.15, 0.2) is 0 Å². The zero-order chi connectivity index (χ0) is 21.3. The predicted octanol–water partition coefficient (Wildman–Crippen LogP) is 3.86. The van der Waals surface area contributed by atoms with Crippen LogP contribution in [0, 0.1) is 6.92 Å². The summed E-state index contributed by atoms with van der Waals surface area (Å²) in [6, 6.07) is 17.3. The Kier molecular flexibility index (Phi) is 7.18. The van der Waals surface area contributed by atoms with E-state index in [2.05, 4.69) is 21.3 Å². The zero-order valence-corrected chi connectivity index (χ0v) is 17.2. The minimum absolute atomic E-state index is 0.154. The van der Waals surface area contributed by atoms with Gasteiger partial charge in [-0.15, -0.1) is 11.3 Å². The Morgan fingerprint density at radius 2 is 1.50 bits per heavy atom. The summed E-state index contributed by atoms with van der Waals surface area (Å²) in [4.78, 5) is 36.8. The summed E-state index contributed by atoms with van der Waals surface area (Å²) in [6.45, 7) is 2.56. The monoisotopic (exact) mass is 422 g/mol. The first-order chi connectivity index (χ1) is 14.5. The fraction of sp³-hybridized carbons (Fsp3) is 0.136. The third-order valence-electron chi connectivity index (χ3n) is 4.24. The number of carbonyl (C=O) groups excluding carboxylic acids is 3. The highest BCUT2D eigenvalue weighted by molar-refractivity contribution is 7.12. The summed E-state index contributed by atoms with van der Waals surface area (Å²) in [5.41, 5.74) is 2.73. The summed E-state index contributed by atoms with van der Waals surface area (Å²) in [7, 11) is 0. The molecule has 0 saturated heterocycles. The number of benzene rings is 2. The maximum Gasteiger partial charge on any atom is 0.323 e. The zero-order valence-electron chi connectivity index (χ0n) is 16.4. The number of nitrogens with one attached hydrogen (secondary N) is 4. The molecule has 3 aromatic rings. The molecule has 0 aliphatic carbocycles. The molecule has 0 unspecified atom stereocenters. The largest absolute Gasteiger partial charge is 0.350 e. The molecule has 154 valence electrons. The third kappa shape index (κ3) is 5.92. The van der Waals surface area contributed by atoms with Gasteiger partial charge in [-0.3, -0.25) is 9.59 Å². The van der Waals surface area contributed by atoms with E-state index in [1.54, 1.807) is 30.3 Å². The van der Waals surface area contributed by atoms with Crippen molar-refractivity contribution >= 4 is 40.6 Å². The fourth-order valence-electron chi connectivity index (χ4n) is 2.65. The van der Waals surface area contributed by atoms with Crippen LogP contribution in [0.1, 0.15) is 25.6 Å². The van der Waals surface area contributed by atoms with Gasteiger partial charge >= 0.3 is 6.03 Å². The molecule has 1 heterocycles. The van der Waals surface area contributed by atoms with Crippen LogP contribution in [0.25, 0.3) is 0 Å². The second-order valence-corrected chi connectivity index (χ2v) is 7.41. The van der Waals surface area contributed by atoms with Gasteiger partial charge in [0.05, 0.1) is 4.88 Å². The molecule has 0 atom stereocenters. The molecule has 0 fully saturated rings. The van der Waals surface area contributed by atoms with Crippen molar-refractivity contribution < 1.29 is 14.4 Å². The van der Waals surface area contributed by atoms with Crippen molar-refractivity contribution in [3.63, 3.8) is 0 Å². The molecule has 7 nitrogen and oxygen atoms in total. The lowest BCUT2D eigenvalue weighted by atomic mass is 10.2. The molecule has 0 spiro atoms. The highest BCUT2D eigenvalue weighted by atomic mass is 32.1. The molecule has 0 aliphatic heterocycles. The number of hydrogen-bond donors (Lipinski definition) is 4. The van der Waals surface area contributed by atoms with Crippen LogP contribution in [0.4, 0.5) is 16.2 Å². The average Bonchev–Trinajstić information content (AvgIpc) is 3.28. The number of anilines is 2. The second kappa shape index (κ2) is 10.2. The SMILES string of the molecule is Cc1ccccc1NC(=O)Nc1ccc(C(=O)NCCNC(=O)c2cccs2)cc1. The average molecular weight is 423 g/mol. The van der Waals surface area contributed by atoms with Gasteiger partial charge in [-0.1, -0.05) is 24.3 Å². The van der Waals surface area contributed by atoms with E-state index >= 15 is 0 Å². The summed E-state index contributed by atoms with van der Waals surface area (Å²) in [6.07, 6.45) is 0. The van der Waals surface area contributed by atoms with Gasteiger partial charge in [0.2, 0.25) is 0 Å². The molecule has 0 radical (unpaired) electrons. The summed E-state index contributed by atoms with van der Waals surface area (Å²) >= 11 is 1.36. The van der Waals surface area contributed by atoms with Crippen LogP contribution >= 0.6 is 11.3 Å². The smallest absolute Gasteiger partial charge is 0.323 e. The Bertz CT molecular complexity index is 1020. The van der Waals surface area contributed by atoms with Gasteiger partial charge in [-0.25, -0.2) is 4.79 Å². The third-order valence-corrected chi connectivity index (χ3v) is 5.11. The first-order valence-corrected chi connectivity index (χ1v) is 10.2. The summed E-state index contributed by atoms with van der Waals surface area (Å²) < 4.78 is 0. The Morgan fingerprint density at radius 3 is 2.17 bits per heavy atom. The normalized spacial score (nSPS) is 10.2. The van der Waals surface area contributed by atoms with E-state index in [0.29, 0.717) is 29.2 Å². The van der Waals surface area contributed by atoms with Crippen molar-refractivity contribution in [3.05, 3.63) is 82.0 Å². The Labute approximate surface area is 178 Å². The topological polar surface area (TPSA) is 99.3 Å². The van der Waals surface area contributed by atoms with E-state index < -0.39 is 0 Å². The van der Waals surface area contributed by atoms with Gasteiger partial charge in [-0.05, 0) is 54.3 Å². The quantitative estimate of drug-likeness (QED) is 0.435. The van der Waals surface area contributed by atoms with Gasteiger partial charge in [0.25, 0.3) is 11.8 Å². The van der Waals surface area contributed by atoms with Crippen LogP contribution in [-0.2, 0) is 0 Å². The van der Waals surface area contributed by atoms with Gasteiger partial charge < -0.3 is 21.3 Å². The molecule has 0 aliphatic rings. The molecule has 0 bridgehead atoms. The van der Waals surface area contributed by atoms with E-state index in [1.807, 2.05) is 42.6 Å². The minimum atomic E-state index is -0.358. The highest BCUT2D eigenvalue weighted by Gasteiger charge is 2.09. The molecular formula is C22H22N4O3S. The molecule has 0 saturated carbocycles. The lowest BCUT2D eigenvalue weighted by Crippen LogP contribution is -2.34.